The zero-order valence-corrected chi connectivity index (χ0v) is 11.0. The van der Waals surface area contributed by atoms with Crippen molar-refractivity contribution < 1.29 is 4.39 Å². The molecule has 2 aromatic rings. The van der Waals surface area contributed by atoms with E-state index < -0.39 is 0 Å². The van der Waals surface area contributed by atoms with Crippen LogP contribution in [0.5, 0.6) is 0 Å². The molecule has 0 saturated carbocycles. The van der Waals surface area contributed by atoms with Crippen molar-refractivity contribution in [1.82, 2.24) is 0 Å². The fraction of sp³-hybridized carbons (Fsp3) is 0.0769. The van der Waals surface area contributed by atoms with Crippen LogP contribution in [0.2, 0.25) is 0 Å². The molecule has 0 fully saturated rings. The van der Waals surface area contributed by atoms with E-state index in [4.69, 9.17) is 0 Å². The lowest BCUT2D eigenvalue weighted by atomic mass is 10.2. The Kier molecular flexibility index (Phi) is 3.43. The van der Waals surface area contributed by atoms with Gasteiger partial charge in [-0.2, -0.15) is 0 Å². The molecular weight excluding hydrogens is 316 g/mol. The molecule has 0 saturated heterocycles. The number of benzene rings is 2. The summed E-state index contributed by atoms with van der Waals surface area (Å²) in [6.45, 7) is 2.03. The Hall–Kier alpha value is -1.10. The van der Waals surface area contributed by atoms with Crippen LogP contribution in [0.1, 0.15) is 5.56 Å². The van der Waals surface area contributed by atoms with Crippen molar-refractivity contribution in [2.75, 3.05) is 5.32 Å². The second-order valence-corrected chi connectivity index (χ2v) is 4.84. The molecule has 1 nitrogen and oxygen atoms in total. The number of halogens is 2. The molecule has 0 spiro atoms. The van der Waals surface area contributed by atoms with E-state index >= 15 is 0 Å². The first-order chi connectivity index (χ1) is 7.65. The van der Waals surface area contributed by atoms with Crippen LogP contribution in [0.15, 0.2) is 42.5 Å². The average Bonchev–Trinajstić information content (AvgIpc) is 2.22. The molecule has 0 bridgehead atoms. The monoisotopic (exact) mass is 327 g/mol. The molecule has 1 N–H and O–H groups in total. The van der Waals surface area contributed by atoms with E-state index in [1.165, 1.54) is 15.7 Å². The number of hydrogen-bond donors (Lipinski definition) is 1. The number of anilines is 2. The minimum atomic E-state index is -0.229. The lowest BCUT2D eigenvalue weighted by Crippen LogP contribution is -1.93. The van der Waals surface area contributed by atoms with E-state index in [-0.39, 0.29) is 5.82 Å². The zero-order valence-electron chi connectivity index (χ0n) is 8.80. The van der Waals surface area contributed by atoms with Crippen LogP contribution >= 0.6 is 22.6 Å². The van der Waals surface area contributed by atoms with Crippen molar-refractivity contribution in [2.24, 2.45) is 0 Å². The molecule has 0 atom stereocenters. The van der Waals surface area contributed by atoms with Gasteiger partial charge in [0.05, 0.1) is 0 Å². The zero-order chi connectivity index (χ0) is 11.5. The highest BCUT2D eigenvalue weighted by Crippen LogP contribution is 2.22. The van der Waals surface area contributed by atoms with Gasteiger partial charge < -0.3 is 5.32 Å². The van der Waals surface area contributed by atoms with E-state index in [0.29, 0.717) is 0 Å². The fourth-order valence-corrected chi connectivity index (χ4v) is 2.14. The minimum absolute atomic E-state index is 0.229. The van der Waals surface area contributed by atoms with Crippen molar-refractivity contribution >= 4 is 34.0 Å². The summed E-state index contributed by atoms with van der Waals surface area (Å²) in [4.78, 5) is 0. The first-order valence-electron chi connectivity index (χ1n) is 4.94. The summed E-state index contributed by atoms with van der Waals surface area (Å²) in [5, 5.41) is 3.20. The number of aryl methyl sites for hydroxylation is 1. The molecule has 0 aliphatic rings. The molecule has 0 aliphatic carbocycles. The van der Waals surface area contributed by atoms with E-state index in [0.717, 1.165) is 16.9 Å². The largest absolute Gasteiger partial charge is 0.355 e. The average molecular weight is 327 g/mol. The molecule has 0 unspecified atom stereocenters. The van der Waals surface area contributed by atoms with Gasteiger partial charge in [-0.3, -0.25) is 0 Å². The van der Waals surface area contributed by atoms with Crippen molar-refractivity contribution in [3.63, 3.8) is 0 Å². The molecule has 3 heteroatoms. The molecule has 16 heavy (non-hydrogen) atoms. The van der Waals surface area contributed by atoms with Crippen LogP contribution < -0.4 is 5.32 Å². The van der Waals surface area contributed by atoms with Gasteiger partial charge in [-0.05, 0) is 71.5 Å². The fourth-order valence-electron chi connectivity index (χ4n) is 1.49. The summed E-state index contributed by atoms with van der Waals surface area (Å²) in [7, 11) is 0. The first kappa shape index (κ1) is 11.4. The Labute approximate surface area is 108 Å². The van der Waals surface area contributed by atoms with Gasteiger partial charge in [0, 0.05) is 14.9 Å². The lowest BCUT2D eigenvalue weighted by Gasteiger charge is -2.09. The molecule has 0 heterocycles. The van der Waals surface area contributed by atoms with Crippen LogP contribution in [-0.2, 0) is 0 Å². The molecule has 0 aliphatic heterocycles. The smallest absolute Gasteiger partial charge is 0.125 e. The van der Waals surface area contributed by atoms with E-state index in [2.05, 4.69) is 34.0 Å². The Morgan fingerprint density at radius 1 is 1.12 bits per heavy atom. The van der Waals surface area contributed by atoms with Gasteiger partial charge in [-0.25, -0.2) is 4.39 Å². The van der Waals surface area contributed by atoms with Crippen LogP contribution in [0.3, 0.4) is 0 Å². The van der Waals surface area contributed by atoms with Gasteiger partial charge in [0.25, 0.3) is 0 Å². The third-order valence-electron chi connectivity index (χ3n) is 2.29. The number of rotatable bonds is 2. The summed E-state index contributed by atoms with van der Waals surface area (Å²) >= 11 is 2.27. The summed E-state index contributed by atoms with van der Waals surface area (Å²) in [6, 6.07) is 12.6. The standard InChI is InChI=1S/C13H11FIN/c1-9-7-11(15)5-6-13(9)16-12-4-2-3-10(14)8-12/h2-8,16H,1H3. The second kappa shape index (κ2) is 4.82. The maximum atomic E-state index is 13.0. The second-order valence-electron chi connectivity index (χ2n) is 3.59. The lowest BCUT2D eigenvalue weighted by molar-refractivity contribution is 0.628. The predicted molar refractivity (Wildman–Crippen MR) is 73.6 cm³/mol. The Balaban J connectivity index is 2.27. The maximum Gasteiger partial charge on any atom is 0.125 e. The van der Waals surface area contributed by atoms with E-state index in [1.807, 2.05) is 25.1 Å². The molecule has 0 radical (unpaired) electrons. The molecule has 2 aromatic carbocycles. The van der Waals surface area contributed by atoms with Gasteiger partial charge in [-0.15, -0.1) is 0 Å². The SMILES string of the molecule is Cc1cc(I)ccc1Nc1cccc(F)c1. The number of nitrogens with one attached hydrogen (secondary N) is 1. The van der Waals surface area contributed by atoms with Crippen LogP contribution in [-0.4, -0.2) is 0 Å². The van der Waals surface area contributed by atoms with Crippen molar-refractivity contribution in [2.45, 2.75) is 6.92 Å². The quantitative estimate of drug-likeness (QED) is 0.802. The van der Waals surface area contributed by atoms with Gasteiger partial charge in [0.2, 0.25) is 0 Å². The first-order valence-corrected chi connectivity index (χ1v) is 6.02. The minimum Gasteiger partial charge on any atom is -0.355 e. The number of hydrogen-bond acceptors (Lipinski definition) is 1. The summed E-state index contributed by atoms with van der Waals surface area (Å²) in [6.07, 6.45) is 0. The van der Waals surface area contributed by atoms with Gasteiger partial charge >= 0.3 is 0 Å². The van der Waals surface area contributed by atoms with Crippen molar-refractivity contribution in [3.8, 4) is 0 Å². The molecule has 2 rings (SSSR count). The van der Waals surface area contributed by atoms with E-state index in [9.17, 15) is 4.39 Å². The highest BCUT2D eigenvalue weighted by Gasteiger charge is 2.00. The summed E-state index contributed by atoms with van der Waals surface area (Å²) in [5.41, 5.74) is 2.92. The topological polar surface area (TPSA) is 12.0 Å². The molecule has 0 amide bonds. The molecule has 82 valence electrons. The highest BCUT2D eigenvalue weighted by molar-refractivity contribution is 14.1. The van der Waals surface area contributed by atoms with Crippen molar-refractivity contribution in [3.05, 3.63) is 57.4 Å². The Morgan fingerprint density at radius 3 is 2.62 bits per heavy atom. The maximum absolute atomic E-state index is 13.0. The summed E-state index contributed by atoms with van der Waals surface area (Å²) in [5.74, 6) is -0.229. The molecule has 0 aromatic heterocycles. The summed E-state index contributed by atoms with van der Waals surface area (Å²) < 4.78 is 14.2. The van der Waals surface area contributed by atoms with E-state index in [1.54, 1.807) is 6.07 Å². The van der Waals surface area contributed by atoms with Crippen LogP contribution in [0.25, 0.3) is 0 Å². The van der Waals surface area contributed by atoms with Gasteiger partial charge in [0.15, 0.2) is 0 Å². The van der Waals surface area contributed by atoms with Crippen LogP contribution in [0, 0.1) is 16.3 Å². The Bertz CT molecular complexity index is 511. The predicted octanol–water partition coefficient (Wildman–Crippen LogP) is 4.48. The van der Waals surface area contributed by atoms with Gasteiger partial charge in [0.1, 0.15) is 5.82 Å². The van der Waals surface area contributed by atoms with Gasteiger partial charge in [-0.1, -0.05) is 6.07 Å². The molecular formula is C13H11FIN. The third-order valence-corrected chi connectivity index (χ3v) is 2.96. The van der Waals surface area contributed by atoms with Crippen LogP contribution in [0.4, 0.5) is 15.8 Å². The Morgan fingerprint density at radius 2 is 1.94 bits per heavy atom. The van der Waals surface area contributed by atoms with Crippen molar-refractivity contribution in [1.29, 1.82) is 0 Å². The normalized spacial score (nSPS) is 10.2. The highest BCUT2D eigenvalue weighted by atomic mass is 127. The third kappa shape index (κ3) is 2.72.